The fourth-order valence-corrected chi connectivity index (χ4v) is 3.59. The molecule has 0 saturated carbocycles. The van der Waals surface area contributed by atoms with Gasteiger partial charge in [-0.2, -0.15) is 11.8 Å². The third-order valence-corrected chi connectivity index (χ3v) is 4.69. The highest BCUT2D eigenvalue weighted by atomic mass is 35.5. The summed E-state index contributed by atoms with van der Waals surface area (Å²) in [6.45, 7) is 3.34. The lowest BCUT2D eigenvalue weighted by Crippen LogP contribution is -2.27. The van der Waals surface area contributed by atoms with E-state index in [0.717, 1.165) is 17.5 Å². The summed E-state index contributed by atoms with van der Waals surface area (Å²) in [6.07, 6.45) is 2.72. The lowest BCUT2D eigenvalue weighted by Gasteiger charge is -2.24. The Hall–Kier alpha value is -0.180. The maximum Gasteiger partial charge on any atom is 0.0409 e. The fourth-order valence-electron chi connectivity index (χ4n) is 2.19. The average Bonchev–Trinajstić information content (AvgIpc) is 2.37. The van der Waals surface area contributed by atoms with Crippen molar-refractivity contribution < 1.29 is 0 Å². The van der Waals surface area contributed by atoms with Crippen LogP contribution < -0.4 is 5.32 Å². The van der Waals surface area contributed by atoms with Crippen molar-refractivity contribution in [2.45, 2.75) is 25.8 Å². The van der Waals surface area contributed by atoms with Gasteiger partial charge in [-0.15, -0.1) is 0 Å². The maximum atomic E-state index is 6.01. The molecule has 1 N–H and O–H groups in total. The zero-order valence-corrected chi connectivity index (χ0v) is 11.9. The summed E-state index contributed by atoms with van der Waals surface area (Å²) in [7, 11) is 0. The van der Waals surface area contributed by atoms with Gasteiger partial charge in [0.1, 0.15) is 0 Å². The van der Waals surface area contributed by atoms with Crippen molar-refractivity contribution in [3.63, 3.8) is 0 Å². The predicted octanol–water partition coefficient (Wildman–Crippen LogP) is 4.13. The molecule has 3 heteroatoms. The number of hydrogen-bond acceptors (Lipinski definition) is 2. The van der Waals surface area contributed by atoms with Gasteiger partial charge in [-0.1, -0.05) is 23.7 Å². The number of hydrogen-bond donors (Lipinski definition) is 1. The van der Waals surface area contributed by atoms with Gasteiger partial charge in [0.2, 0.25) is 0 Å². The highest BCUT2D eigenvalue weighted by molar-refractivity contribution is 7.99. The first kappa shape index (κ1) is 13.3. The molecule has 1 aliphatic heterocycles. The highest BCUT2D eigenvalue weighted by Gasteiger charge is 2.14. The van der Waals surface area contributed by atoms with Crippen LogP contribution in [-0.2, 0) is 0 Å². The zero-order valence-electron chi connectivity index (χ0n) is 10.3. The molecule has 1 nitrogen and oxygen atoms in total. The Morgan fingerprint density at radius 1 is 1.41 bits per heavy atom. The van der Waals surface area contributed by atoms with E-state index >= 15 is 0 Å². The second-order valence-electron chi connectivity index (χ2n) is 4.74. The molecule has 1 aliphatic rings. The number of thioether (sulfide) groups is 1. The van der Waals surface area contributed by atoms with Crippen LogP contribution in [0.4, 0.5) is 0 Å². The summed E-state index contributed by atoms with van der Waals surface area (Å²) in [5, 5.41) is 4.45. The monoisotopic (exact) mass is 269 g/mol. The number of halogens is 1. The second-order valence-corrected chi connectivity index (χ2v) is 6.40. The van der Waals surface area contributed by atoms with Crippen LogP contribution >= 0.6 is 23.4 Å². The molecule has 0 aromatic heterocycles. The van der Waals surface area contributed by atoms with Crippen molar-refractivity contribution in [2.75, 3.05) is 18.1 Å². The average molecular weight is 270 g/mol. The molecule has 0 amide bonds. The van der Waals surface area contributed by atoms with Crippen molar-refractivity contribution in [2.24, 2.45) is 5.92 Å². The summed E-state index contributed by atoms with van der Waals surface area (Å²) in [6, 6.07) is 8.53. The molecular formula is C14H20ClNS. The van der Waals surface area contributed by atoms with Gasteiger partial charge in [0.05, 0.1) is 0 Å². The molecular weight excluding hydrogens is 250 g/mol. The van der Waals surface area contributed by atoms with E-state index in [1.807, 2.05) is 12.1 Å². The maximum absolute atomic E-state index is 6.01. The predicted molar refractivity (Wildman–Crippen MR) is 77.9 cm³/mol. The molecule has 1 fully saturated rings. The standard InChI is InChI=1S/C14H20ClNS/c1-11(13-3-2-4-14(15)9-13)16-10-12-5-7-17-8-6-12/h2-4,9,11-12,16H,5-8,10H2,1H3. The molecule has 1 atom stereocenters. The van der Waals surface area contributed by atoms with Crippen LogP contribution in [0.15, 0.2) is 24.3 Å². The quantitative estimate of drug-likeness (QED) is 0.882. The fraction of sp³-hybridized carbons (Fsp3) is 0.571. The van der Waals surface area contributed by atoms with Crippen molar-refractivity contribution >= 4 is 23.4 Å². The molecule has 0 aliphatic carbocycles. The third kappa shape index (κ3) is 4.20. The first-order valence-electron chi connectivity index (χ1n) is 6.32. The first-order valence-corrected chi connectivity index (χ1v) is 7.85. The summed E-state index contributed by atoms with van der Waals surface area (Å²) in [5.41, 5.74) is 1.28. The van der Waals surface area contributed by atoms with Gasteiger partial charge in [-0.25, -0.2) is 0 Å². The molecule has 0 radical (unpaired) electrons. The molecule has 0 bridgehead atoms. The van der Waals surface area contributed by atoms with Gasteiger partial charge < -0.3 is 5.32 Å². The number of nitrogens with one attached hydrogen (secondary N) is 1. The van der Waals surface area contributed by atoms with Gasteiger partial charge in [-0.3, -0.25) is 0 Å². The van der Waals surface area contributed by atoms with Crippen molar-refractivity contribution in [1.82, 2.24) is 5.32 Å². The van der Waals surface area contributed by atoms with E-state index in [-0.39, 0.29) is 0 Å². The summed E-state index contributed by atoms with van der Waals surface area (Å²) in [4.78, 5) is 0. The molecule has 1 unspecified atom stereocenters. The summed E-state index contributed by atoms with van der Waals surface area (Å²) in [5.74, 6) is 3.52. The van der Waals surface area contributed by atoms with Crippen molar-refractivity contribution in [1.29, 1.82) is 0 Å². The summed E-state index contributed by atoms with van der Waals surface area (Å²) >= 11 is 8.09. The lowest BCUT2D eigenvalue weighted by atomic mass is 10.0. The number of rotatable bonds is 4. The summed E-state index contributed by atoms with van der Waals surface area (Å²) < 4.78 is 0. The SMILES string of the molecule is CC(NCC1CCSCC1)c1cccc(Cl)c1. The zero-order chi connectivity index (χ0) is 12.1. The minimum absolute atomic E-state index is 0.392. The first-order chi connectivity index (χ1) is 8.25. The van der Waals surface area contributed by atoms with Gasteiger partial charge >= 0.3 is 0 Å². The molecule has 1 saturated heterocycles. The van der Waals surface area contributed by atoms with Crippen LogP contribution in [0, 0.1) is 5.92 Å². The van der Waals surface area contributed by atoms with E-state index < -0.39 is 0 Å². The van der Waals surface area contributed by atoms with Gasteiger partial charge in [-0.05, 0) is 61.4 Å². The van der Waals surface area contributed by atoms with E-state index in [4.69, 9.17) is 11.6 Å². The Labute approximate surface area is 113 Å². The molecule has 1 heterocycles. The molecule has 94 valence electrons. The Morgan fingerprint density at radius 3 is 2.88 bits per heavy atom. The second kappa shape index (κ2) is 6.67. The minimum atomic E-state index is 0.392. The van der Waals surface area contributed by atoms with Gasteiger partial charge in [0.25, 0.3) is 0 Å². The van der Waals surface area contributed by atoms with Crippen molar-refractivity contribution in [3.8, 4) is 0 Å². The topological polar surface area (TPSA) is 12.0 Å². The highest BCUT2D eigenvalue weighted by Crippen LogP contribution is 2.23. The molecule has 1 aromatic carbocycles. The van der Waals surface area contributed by atoms with Crippen LogP contribution in [0.5, 0.6) is 0 Å². The molecule has 17 heavy (non-hydrogen) atoms. The molecule has 2 rings (SSSR count). The molecule has 1 aromatic rings. The van der Waals surface area contributed by atoms with Crippen molar-refractivity contribution in [3.05, 3.63) is 34.9 Å². The van der Waals surface area contributed by atoms with E-state index in [9.17, 15) is 0 Å². The smallest absolute Gasteiger partial charge is 0.0409 e. The van der Waals surface area contributed by atoms with E-state index in [0.29, 0.717) is 6.04 Å². The van der Waals surface area contributed by atoms with Crippen LogP contribution in [0.2, 0.25) is 5.02 Å². The van der Waals surface area contributed by atoms with E-state index in [1.54, 1.807) is 0 Å². The normalized spacial score (nSPS) is 19.2. The van der Waals surface area contributed by atoms with Gasteiger partial charge in [0, 0.05) is 11.1 Å². The number of benzene rings is 1. The van der Waals surface area contributed by atoms with Crippen LogP contribution in [-0.4, -0.2) is 18.1 Å². The van der Waals surface area contributed by atoms with E-state index in [2.05, 4.69) is 36.1 Å². The third-order valence-electron chi connectivity index (χ3n) is 3.40. The Bertz CT molecular complexity index is 350. The Morgan fingerprint density at radius 2 is 2.18 bits per heavy atom. The van der Waals surface area contributed by atoms with Crippen LogP contribution in [0.3, 0.4) is 0 Å². The Balaban J connectivity index is 1.82. The minimum Gasteiger partial charge on any atom is -0.310 e. The van der Waals surface area contributed by atoms with E-state index in [1.165, 1.54) is 29.9 Å². The lowest BCUT2D eigenvalue weighted by molar-refractivity contribution is 0.421. The Kier molecular flexibility index (Phi) is 5.20. The molecule has 0 spiro atoms. The van der Waals surface area contributed by atoms with Gasteiger partial charge in [0.15, 0.2) is 0 Å². The largest absolute Gasteiger partial charge is 0.310 e. The van der Waals surface area contributed by atoms with Crippen LogP contribution in [0.1, 0.15) is 31.4 Å². The van der Waals surface area contributed by atoms with Crippen LogP contribution in [0.25, 0.3) is 0 Å².